The molecule has 0 saturated carbocycles. The van der Waals surface area contributed by atoms with E-state index in [1.54, 1.807) is 11.1 Å². The van der Waals surface area contributed by atoms with Gasteiger partial charge in [-0.05, 0) is 32.4 Å². The zero-order chi connectivity index (χ0) is 17.3. The van der Waals surface area contributed by atoms with Crippen molar-refractivity contribution < 1.29 is 9.32 Å². The molecule has 126 valence electrons. The molecule has 0 aliphatic heterocycles. The normalized spacial score (nSPS) is 11.4. The van der Waals surface area contributed by atoms with Crippen molar-refractivity contribution >= 4 is 11.6 Å². The van der Waals surface area contributed by atoms with Crippen LogP contribution in [0, 0.1) is 6.92 Å². The number of imidazole rings is 1. The van der Waals surface area contributed by atoms with E-state index in [-0.39, 0.29) is 18.5 Å². The van der Waals surface area contributed by atoms with Crippen molar-refractivity contribution in [3.05, 3.63) is 47.5 Å². The zero-order valence-electron chi connectivity index (χ0n) is 14.4. The lowest BCUT2D eigenvalue weighted by Crippen LogP contribution is -2.36. The summed E-state index contributed by atoms with van der Waals surface area (Å²) in [5.74, 6) is 0.931. The van der Waals surface area contributed by atoms with Crippen molar-refractivity contribution in [2.45, 2.75) is 46.7 Å². The van der Waals surface area contributed by atoms with Crippen molar-refractivity contribution in [1.29, 1.82) is 0 Å². The minimum absolute atomic E-state index is 0.0129. The first-order valence-corrected chi connectivity index (χ1v) is 8.05. The topological polar surface area (TPSA) is 76.5 Å². The van der Waals surface area contributed by atoms with E-state index in [2.05, 4.69) is 15.1 Å². The summed E-state index contributed by atoms with van der Waals surface area (Å²) in [6, 6.07) is 3.86. The van der Waals surface area contributed by atoms with Gasteiger partial charge in [-0.3, -0.25) is 4.79 Å². The molecule has 0 aliphatic carbocycles. The van der Waals surface area contributed by atoms with E-state index in [9.17, 15) is 4.79 Å². The minimum Gasteiger partial charge on any atom is -0.337 e. The largest absolute Gasteiger partial charge is 0.337 e. The van der Waals surface area contributed by atoms with Gasteiger partial charge in [0.1, 0.15) is 17.9 Å². The first-order valence-electron chi connectivity index (χ1n) is 8.05. The smallest absolute Gasteiger partial charge is 0.274 e. The van der Waals surface area contributed by atoms with Gasteiger partial charge in [-0.1, -0.05) is 18.1 Å². The number of rotatable bonds is 5. The van der Waals surface area contributed by atoms with Crippen LogP contribution in [-0.2, 0) is 13.0 Å². The van der Waals surface area contributed by atoms with Crippen LogP contribution in [0.25, 0.3) is 5.65 Å². The van der Waals surface area contributed by atoms with Gasteiger partial charge in [0.2, 0.25) is 5.89 Å². The third kappa shape index (κ3) is 3.15. The molecule has 0 aliphatic rings. The van der Waals surface area contributed by atoms with Crippen molar-refractivity contribution in [3.8, 4) is 0 Å². The second-order valence-electron chi connectivity index (χ2n) is 6.08. The molecule has 0 unspecified atom stereocenters. The fourth-order valence-electron chi connectivity index (χ4n) is 2.49. The van der Waals surface area contributed by atoms with Gasteiger partial charge >= 0.3 is 0 Å². The van der Waals surface area contributed by atoms with E-state index in [4.69, 9.17) is 4.52 Å². The highest BCUT2D eigenvalue weighted by atomic mass is 16.5. The van der Waals surface area contributed by atoms with E-state index in [1.165, 1.54) is 0 Å². The van der Waals surface area contributed by atoms with Crippen LogP contribution in [0.1, 0.15) is 48.5 Å². The highest BCUT2D eigenvalue weighted by molar-refractivity contribution is 5.93. The van der Waals surface area contributed by atoms with E-state index in [1.807, 2.05) is 50.4 Å². The molecular weight excluding hydrogens is 306 g/mol. The molecule has 1 amide bonds. The van der Waals surface area contributed by atoms with Crippen molar-refractivity contribution in [3.63, 3.8) is 0 Å². The first-order chi connectivity index (χ1) is 11.5. The average molecular weight is 327 g/mol. The number of aryl methyl sites for hydroxylation is 2. The summed E-state index contributed by atoms with van der Waals surface area (Å²) < 4.78 is 7.08. The number of aromatic nitrogens is 4. The molecule has 0 radical (unpaired) electrons. The van der Waals surface area contributed by atoms with Crippen molar-refractivity contribution in [2.24, 2.45) is 0 Å². The van der Waals surface area contributed by atoms with Gasteiger partial charge in [-0.25, -0.2) is 4.98 Å². The Morgan fingerprint density at radius 1 is 1.29 bits per heavy atom. The molecule has 0 atom stereocenters. The monoisotopic (exact) mass is 327 g/mol. The number of hydrogen-bond donors (Lipinski definition) is 0. The summed E-state index contributed by atoms with van der Waals surface area (Å²) in [6.07, 6.45) is 4.40. The Hall–Kier alpha value is -2.70. The molecule has 24 heavy (non-hydrogen) atoms. The Morgan fingerprint density at radius 2 is 2.08 bits per heavy atom. The van der Waals surface area contributed by atoms with Crippen LogP contribution >= 0.6 is 0 Å². The summed E-state index contributed by atoms with van der Waals surface area (Å²) in [7, 11) is 0. The van der Waals surface area contributed by atoms with Crippen LogP contribution in [-0.4, -0.2) is 36.4 Å². The van der Waals surface area contributed by atoms with Crippen LogP contribution in [0.5, 0.6) is 0 Å². The fraction of sp³-hybridized carbons (Fsp3) is 0.412. The predicted octanol–water partition coefficient (Wildman–Crippen LogP) is 2.64. The Balaban J connectivity index is 1.87. The summed E-state index contributed by atoms with van der Waals surface area (Å²) >= 11 is 0. The third-order valence-electron chi connectivity index (χ3n) is 3.83. The van der Waals surface area contributed by atoms with Gasteiger partial charge in [0.25, 0.3) is 5.91 Å². The maximum absolute atomic E-state index is 12.9. The molecule has 3 heterocycles. The van der Waals surface area contributed by atoms with Crippen molar-refractivity contribution in [2.75, 3.05) is 0 Å². The lowest BCUT2D eigenvalue weighted by molar-refractivity contribution is 0.0662. The number of carbonyl (C=O) groups is 1. The molecular formula is C17H21N5O2. The highest BCUT2D eigenvalue weighted by Crippen LogP contribution is 2.14. The molecule has 0 aromatic carbocycles. The quantitative estimate of drug-likeness (QED) is 0.720. The van der Waals surface area contributed by atoms with Crippen LogP contribution in [0.3, 0.4) is 0 Å². The molecule has 0 N–H and O–H groups in total. The molecule has 3 rings (SSSR count). The summed E-state index contributed by atoms with van der Waals surface area (Å²) in [5, 5.41) is 3.88. The number of amides is 1. The Bertz CT molecular complexity index is 865. The minimum atomic E-state index is -0.150. The molecule has 7 heteroatoms. The van der Waals surface area contributed by atoms with Gasteiger partial charge in [-0.15, -0.1) is 0 Å². The molecule has 0 saturated heterocycles. The molecule has 0 bridgehead atoms. The van der Waals surface area contributed by atoms with Gasteiger partial charge in [0, 0.05) is 24.9 Å². The third-order valence-corrected chi connectivity index (χ3v) is 3.83. The average Bonchev–Trinajstić information content (AvgIpc) is 3.17. The lowest BCUT2D eigenvalue weighted by Gasteiger charge is -2.24. The molecule has 3 aromatic heterocycles. The second kappa shape index (κ2) is 6.43. The number of hydrogen-bond acceptors (Lipinski definition) is 5. The summed E-state index contributed by atoms with van der Waals surface area (Å²) in [6.45, 7) is 8.14. The molecule has 3 aromatic rings. The van der Waals surface area contributed by atoms with Crippen LogP contribution in [0.4, 0.5) is 0 Å². The van der Waals surface area contributed by atoms with E-state index < -0.39 is 0 Å². The highest BCUT2D eigenvalue weighted by Gasteiger charge is 2.24. The van der Waals surface area contributed by atoms with Crippen LogP contribution < -0.4 is 0 Å². The summed E-state index contributed by atoms with van der Waals surface area (Å²) in [4.78, 5) is 23.3. The zero-order valence-corrected chi connectivity index (χ0v) is 14.4. The Morgan fingerprint density at radius 3 is 2.75 bits per heavy atom. The first kappa shape index (κ1) is 16.2. The van der Waals surface area contributed by atoms with Crippen LogP contribution in [0.15, 0.2) is 29.0 Å². The Labute approximate surface area is 140 Å². The molecule has 0 fully saturated rings. The van der Waals surface area contributed by atoms with Gasteiger partial charge < -0.3 is 13.8 Å². The van der Waals surface area contributed by atoms with Gasteiger partial charge in [0.05, 0.1) is 0 Å². The Kier molecular flexibility index (Phi) is 4.33. The maximum Gasteiger partial charge on any atom is 0.274 e. The predicted molar refractivity (Wildman–Crippen MR) is 88.6 cm³/mol. The number of pyridine rings is 1. The molecule has 7 nitrogen and oxygen atoms in total. The van der Waals surface area contributed by atoms with Gasteiger partial charge in [-0.2, -0.15) is 4.98 Å². The number of carbonyl (C=O) groups excluding carboxylic acids is 1. The van der Waals surface area contributed by atoms with Crippen molar-refractivity contribution in [1.82, 2.24) is 24.4 Å². The molecule has 0 spiro atoms. The second-order valence-corrected chi connectivity index (χ2v) is 6.08. The van der Waals surface area contributed by atoms with E-state index in [0.717, 1.165) is 11.2 Å². The number of fused-ring (bicyclic) bond motifs is 1. The lowest BCUT2D eigenvalue weighted by atomic mass is 10.2. The summed E-state index contributed by atoms with van der Waals surface area (Å²) in [5.41, 5.74) is 2.26. The number of nitrogens with zero attached hydrogens (tertiary/aromatic N) is 5. The standard InChI is InChI=1S/C17H21N5O2/c1-5-14-19-16(24-20-14)10-22(11(2)3)17(23)13-9-21-8-12(4)6-7-15(21)18-13/h6-9,11H,5,10H2,1-4H3. The SMILES string of the molecule is CCc1noc(CN(C(=O)c2cn3cc(C)ccc3n2)C(C)C)n1. The van der Waals surface area contributed by atoms with Gasteiger partial charge in [0.15, 0.2) is 5.82 Å². The maximum atomic E-state index is 12.9. The van der Waals surface area contributed by atoms with E-state index in [0.29, 0.717) is 23.8 Å². The fourth-order valence-corrected chi connectivity index (χ4v) is 2.49. The van der Waals surface area contributed by atoms with Crippen LogP contribution in [0.2, 0.25) is 0 Å². The van der Waals surface area contributed by atoms with E-state index >= 15 is 0 Å².